The summed E-state index contributed by atoms with van der Waals surface area (Å²) in [5, 5.41) is 13.9. The number of benzene rings is 1. The summed E-state index contributed by atoms with van der Waals surface area (Å²) >= 11 is 0. The van der Waals surface area contributed by atoms with Gasteiger partial charge in [0.2, 0.25) is 0 Å². The van der Waals surface area contributed by atoms with E-state index in [9.17, 15) is 19.5 Å². The maximum Gasteiger partial charge on any atom is 0.339 e. The van der Waals surface area contributed by atoms with Crippen LogP contribution in [0.3, 0.4) is 0 Å². The van der Waals surface area contributed by atoms with E-state index in [2.05, 4.69) is 10.6 Å². The first-order chi connectivity index (χ1) is 10.1. The number of aromatic hydroxyl groups is 1. The quantitative estimate of drug-likeness (QED) is 0.735. The summed E-state index contributed by atoms with van der Waals surface area (Å²) in [4.78, 5) is 35.1. The lowest BCUT2D eigenvalue weighted by Gasteiger charge is -2.21. The lowest BCUT2D eigenvalue weighted by Crippen LogP contribution is -2.50. The van der Waals surface area contributed by atoms with Crippen LogP contribution in [0.4, 0.5) is 4.79 Å². The average molecular weight is 308 g/mol. The molecule has 0 saturated heterocycles. The molecule has 3 amide bonds. The number of hydrogen-bond acceptors (Lipinski definition) is 5. The highest BCUT2D eigenvalue weighted by Gasteiger charge is 2.22. The molecule has 0 saturated carbocycles. The van der Waals surface area contributed by atoms with Crippen LogP contribution in [0.1, 0.15) is 38.1 Å². The van der Waals surface area contributed by atoms with Crippen molar-refractivity contribution in [3.05, 3.63) is 29.8 Å². The number of imide groups is 1. The first-order valence-corrected chi connectivity index (χ1v) is 6.71. The Kier molecular flexibility index (Phi) is 5.50. The second kappa shape index (κ2) is 6.93. The predicted octanol–water partition coefficient (Wildman–Crippen LogP) is 1.56. The number of nitrogens with one attached hydrogen (secondary N) is 2. The van der Waals surface area contributed by atoms with E-state index >= 15 is 0 Å². The molecule has 0 aliphatic heterocycles. The van der Waals surface area contributed by atoms with Crippen LogP contribution in [0, 0.1) is 0 Å². The van der Waals surface area contributed by atoms with Crippen molar-refractivity contribution in [1.29, 1.82) is 0 Å². The normalized spacial score (nSPS) is 12.2. The number of phenolic OH excluding ortho intramolecular Hbond substituents is 1. The number of hydrogen-bond donors (Lipinski definition) is 3. The van der Waals surface area contributed by atoms with Crippen molar-refractivity contribution in [2.24, 2.45) is 0 Å². The van der Waals surface area contributed by atoms with E-state index in [0.29, 0.717) is 0 Å². The van der Waals surface area contributed by atoms with E-state index in [1.807, 2.05) is 0 Å². The molecule has 1 aromatic carbocycles. The molecule has 0 spiro atoms. The molecule has 0 fully saturated rings. The Balaban J connectivity index is 2.57. The number of amides is 3. The molecule has 120 valence electrons. The number of rotatable bonds is 3. The van der Waals surface area contributed by atoms with E-state index in [4.69, 9.17) is 4.74 Å². The summed E-state index contributed by atoms with van der Waals surface area (Å²) < 4.78 is 4.94. The van der Waals surface area contributed by atoms with E-state index < -0.39 is 29.6 Å². The fourth-order valence-electron chi connectivity index (χ4n) is 1.50. The molecule has 7 nitrogen and oxygen atoms in total. The van der Waals surface area contributed by atoms with Gasteiger partial charge in [-0.15, -0.1) is 0 Å². The monoisotopic (exact) mass is 308 g/mol. The molecule has 0 heterocycles. The molecule has 1 rings (SSSR count). The van der Waals surface area contributed by atoms with Gasteiger partial charge in [-0.3, -0.25) is 10.1 Å². The van der Waals surface area contributed by atoms with Gasteiger partial charge in [0.25, 0.3) is 5.91 Å². The van der Waals surface area contributed by atoms with Gasteiger partial charge < -0.3 is 15.2 Å². The van der Waals surface area contributed by atoms with Gasteiger partial charge in [0, 0.05) is 5.54 Å². The summed E-state index contributed by atoms with van der Waals surface area (Å²) in [6, 6.07) is 4.88. The van der Waals surface area contributed by atoms with Crippen molar-refractivity contribution in [3.63, 3.8) is 0 Å². The van der Waals surface area contributed by atoms with Crippen molar-refractivity contribution in [2.45, 2.75) is 39.3 Å². The highest BCUT2D eigenvalue weighted by atomic mass is 16.5. The molecular formula is C15H20N2O5. The fourth-order valence-corrected chi connectivity index (χ4v) is 1.50. The third-order valence-corrected chi connectivity index (χ3v) is 2.46. The Morgan fingerprint density at radius 3 is 2.41 bits per heavy atom. The Bertz CT molecular complexity index is 578. The lowest BCUT2D eigenvalue weighted by molar-refractivity contribution is -0.127. The van der Waals surface area contributed by atoms with Crippen LogP contribution < -0.4 is 10.6 Å². The molecule has 0 aromatic heterocycles. The van der Waals surface area contributed by atoms with E-state index in [-0.39, 0.29) is 11.3 Å². The summed E-state index contributed by atoms with van der Waals surface area (Å²) in [6.07, 6.45) is -1.15. The first-order valence-electron chi connectivity index (χ1n) is 6.71. The van der Waals surface area contributed by atoms with E-state index in [1.54, 1.807) is 20.8 Å². The zero-order valence-corrected chi connectivity index (χ0v) is 13.0. The minimum absolute atomic E-state index is 0.0869. The van der Waals surface area contributed by atoms with Crippen molar-refractivity contribution in [1.82, 2.24) is 10.6 Å². The highest BCUT2D eigenvalue weighted by Crippen LogP contribution is 2.12. The van der Waals surface area contributed by atoms with Crippen LogP contribution in [-0.4, -0.2) is 34.7 Å². The molecule has 0 unspecified atom stereocenters. The minimum Gasteiger partial charge on any atom is -0.508 e. The highest BCUT2D eigenvalue weighted by molar-refractivity contribution is 5.98. The Morgan fingerprint density at radius 2 is 1.86 bits per heavy atom. The molecule has 0 aliphatic rings. The minimum atomic E-state index is -1.15. The predicted molar refractivity (Wildman–Crippen MR) is 79.4 cm³/mol. The molecule has 7 heteroatoms. The Morgan fingerprint density at radius 1 is 1.23 bits per heavy atom. The Hall–Kier alpha value is -2.57. The zero-order chi connectivity index (χ0) is 16.9. The van der Waals surface area contributed by atoms with Gasteiger partial charge in [0.15, 0.2) is 6.10 Å². The molecule has 3 N–H and O–H groups in total. The Labute approximate surface area is 128 Å². The SMILES string of the molecule is C[C@@H](OC(=O)c1cccc(O)c1)C(=O)NC(=O)NC(C)(C)C. The number of urea groups is 1. The maximum atomic E-state index is 11.8. The lowest BCUT2D eigenvalue weighted by atomic mass is 10.1. The molecule has 22 heavy (non-hydrogen) atoms. The molecule has 1 atom stereocenters. The summed E-state index contributed by atoms with van der Waals surface area (Å²) in [5.74, 6) is -1.60. The molecule has 0 aliphatic carbocycles. The zero-order valence-electron chi connectivity index (χ0n) is 13.0. The summed E-state index contributed by atoms with van der Waals surface area (Å²) in [6.45, 7) is 6.65. The van der Waals surface area contributed by atoms with Crippen LogP contribution in [0.5, 0.6) is 5.75 Å². The van der Waals surface area contributed by atoms with Gasteiger partial charge in [-0.25, -0.2) is 9.59 Å². The van der Waals surface area contributed by atoms with Crippen molar-refractivity contribution in [2.75, 3.05) is 0 Å². The molecular weight excluding hydrogens is 288 g/mol. The van der Waals surface area contributed by atoms with Gasteiger partial charge in [0.05, 0.1) is 5.56 Å². The van der Waals surface area contributed by atoms with Crippen LogP contribution >= 0.6 is 0 Å². The smallest absolute Gasteiger partial charge is 0.339 e. The third-order valence-electron chi connectivity index (χ3n) is 2.46. The van der Waals surface area contributed by atoms with Gasteiger partial charge in [-0.2, -0.15) is 0 Å². The summed E-state index contributed by atoms with van der Waals surface area (Å²) in [5.41, 5.74) is -0.384. The largest absolute Gasteiger partial charge is 0.508 e. The van der Waals surface area contributed by atoms with E-state index in [0.717, 1.165) is 0 Å². The van der Waals surface area contributed by atoms with Crippen LogP contribution in [0.2, 0.25) is 0 Å². The van der Waals surface area contributed by atoms with E-state index in [1.165, 1.54) is 31.2 Å². The van der Waals surface area contributed by atoms with Gasteiger partial charge >= 0.3 is 12.0 Å². The summed E-state index contributed by atoms with van der Waals surface area (Å²) in [7, 11) is 0. The number of ether oxygens (including phenoxy) is 1. The standard InChI is InChI=1S/C15H20N2O5/c1-9(12(19)16-14(21)17-15(2,3)4)22-13(20)10-6-5-7-11(18)8-10/h5-9,18H,1-4H3,(H2,16,17,19,21)/t9-/m1/s1. The van der Waals surface area contributed by atoms with Crippen LogP contribution in [-0.2, 0) is 9.53 Å². The van der Waals surface area contributed by atoms with Crippen LogP contribution in [0.25, 0.3) is 0 Å². The second-order valence-electron chi connectivity index (χ2n) is 5.79. The number of phenols is 1. The van der Waals surface area contributed by atoms with Crippen molar-refractivity contribution >= 4 is 17.9 Å². The average Bonchev–Trinajstić information content (AvgIpc) is 2.36. The van der Waals surface area contributed by atoms with Gasteiger partial charge in [-0.05, 0) is 45.9 Å². The molecule has 0 bridgehead atoms. The maximum absolute atomic E-state index is 11.8. The van der Waals surface area contributed by atoms with Gasteiger partial charge in [-0.1, -0.05) is 6.07 Å². The number of esters is 1. The van der Waals surface area contributed by atoms with Crippen molar-refractivity contribution < 1.29 is 24.2 Å². The molecule has 1 aromatic rings. The fraction of sp³-hybridized carbons (Fsp3) is 0.400. The van der Waals surface area contributed by atoms with Gasteiger partial charge in [0.1, 0.15) is 5.75 Å². The second-order valence-corrected chi connectivity index (χ2v) is 5.79. The van der Waals surface area contributed by atoms with Crippen LogP contribution in [0.15, 0.2) is 24.3 Å². The number of carbonyl (C=O) groups is 3. The van der Waals surface area contributed by atoms with Crippen molar-refractivity contribution in [3.8, 4) is 5.75 Å². The topological polar surface area (TPSA) is 105 Å². The number of carbonyl (C=O) groups excluding carboxylic acids is 3. The molecule has 0 radical (unpaired) electrons. The third kappa shape index (κ3) is 5.82. The first kappa shape index (κ1) is 17.5.